The third kappa shape index (κ3) is 8.55. The van der Waals surface area contributed by atoms with Gasteiger partial charge in [0, 0.05) is 36.4 Å². The van der Waals surface area contributed by atoms with Crippen LogP contribution in [0.2, 0.25) is 0 Å². The molecule has 1 aromatic carbocycles. The number of imidazole rings is 1. The zero-order valence-electron chi connectivity index (χ0n) is 25.5. The number of hydrogen-bond donors (Lipinski definition) is 0. The van der Waals surface area contributed by atoms with Gasteiger partial charge < -0.3 is 29.8 Å². The number of fused-ring (bicyclic) bond motifs is 6. The van der Waals surface area contributed by atoms with Gasteiger partial charge in [-0.2, -0.15) is 6.20 Å². The molecule has 8 aromatic heterocycles. The van der Waals surface area contributed by atoms with Crippen LogP contribution >= 0.6 is 11.3 Å². The summed E-state index contributed by atoms with van der Waals surface area (Å²) in [6.07, 6.45) is 10.7. The zero-order valence-corrected chi connectivity index (χ0v) is 29.6. The Morgan fingerprint density at radius 2 is 0.939 bits per heavy atom. The molecular formula is C37H25Cl2N8RuS. The van der Waals surface area contributed by atoms with Crippen molar-refractivity contribution >= 4 is 44.2 Å². The molecule has 0 aliphatic carbocycles. The number of aromatic nitrogens is 8. The number of benzene rings is 1. The molecule has 0 saturated heterocycles. The van der Waals surface area contributed by atoms with Gasteiger partial charge in [0.05, 0.1) is 38.7 Å². The third-order valence-corrected chi connectivity index (χ3v) is 7.80. The molecule has 0 atom stereocenters. The Morgan fingerprint density at radius 1 is 0.449 bits per heavy atom. The molecule has 0 aliphatic rings. The molecule has 0 spiro atoms. The predicted molar refractivity (Wildman–Crippen MR) is 184 cm³/mol. The second kappa shape index (κ2) is 18.0. The summed E-state index contributed by atoms with van der Waals surface area (Å²) in [5.41, 5.74) is 7.21. The summed E-state index contributed by atoms with van der Waals surface area (Å²) in [5, 5.41) is 4.04. The van der Waals surface area contributed by atoms with E-state index in [1.165, 1.54) is 0 Å². The molecule has 9 rings (SSSR count). The molecule has 0 fully saturated rings. The maximum absolute atomic E-state index is 4.76. The smallest absolute Gasteiger partial charge is 1.00 e. The molecule has 0 N–H and O–H groups in total. The van der Waals surface area contributed by atoms with Crippen LogP contribution < -0.4 is 29.8 Å². The van der Waals surface area contributed by atoms with E-state index in [0.29, 0.717) is 0 Å². The molecule has 0 bridgehead atoms. The minimum atomic E-state index is 0. The summed E-state index contributed by atoms with van der Waals surface area (Å²) >= 11 is 1.65. The van der Waals surface area contributed by atoms with Gasteiger partial charge in [0.15, 0.2) is 5.82 Å². The van der Waals surface area contributed by atoms with Gasteiger partial charge in [0.2, 0.25) is 0 Å². The van der Waals surface area contributed by atoms with Crippen LogP contribution in [0.5, 0.6) is 0 Å². The Hall–Kier alpha value is -4.99. The van der Waals surface area contributed by atoms with Crippen LogP contribution in [0.3, 0.4) is 0 Å². The van der Waals surface area contributed by atoms with Gasteiger partial charge in [-0.25, -0.2) is 9.97 Å². The van der Waals surface area contributed by atoms with Crippen LogP contribution in [-0.2, 0) is 19.5 Å². The monoisotopic (exact) mass is 785 g/mol. The van der Waals surface area contributed by atoms with E-state index in [4.69, 9.17) is 9.97 Å². The van der Waals surface area contributed by atoms with Crippen LogP contribution in [0.4, 0.5) is 0 Å². The Balaban J connectivity index is 0.000000173. The van der Waals surface area contributed by atoms with Crippen LogP contribution in [0, 0.1) is 0 Å². The molecule has 241 valence electrons. The van der Waals surface area contributed by atoms with Crippen molar-refractivity contribution in [3.05, 3.63) is 152 Å². The van der Waals surface area contributed by atoms with Crippen LogP contribution in [0.15, 0.2) is 152 Å². The molecular weight excluding hydrogens is 761 g/mol. The van der Waals surface area contributed by atoms with Crippen LogP contribution in [-0.4, -0.2) is 34.9 Å². The van der Waals surface area contributed by atoms with Crippen molar-refractivity contribution in [3.63, 3.8) is 0 Å². The van der Waals surface area contributed by atoms with E-state index in [9.17, 15) is 0 Å². The summed E-state index contributed by atoms with van der Waals surface area (Å²) < 4.78 is 0. The fourth-order valence-corrected chi connectivity index (χ4v) is 5.52. The molecule has 1 radical (unpaired) electrons. The first-order chi connectivity index (χ1) is 22.8. The number of hydrogen-bond acceptors (Lipinski definition) is 8. The minimum absolute atomic E-state index is 0. The average Bonchev–Trinajstić information content (AvgIpc) is 3.86. The fourth-order valence-electron chi connectivity index (χ4n) is 4.86. The summed E-state index contributed by atoms with van der Waals surface area (Å²) in [7, 11) is 0. The fraction of sp³-hybridized carbons (Fsp3) is 0. The number of rotatable bonds is 3. The number of halogens is 2. The number of nitrogens with zero attached hydrogens (tertiary/aromatic N) is 8. The Morgan fingerprint density at radius 3 is 1.41 bits per heavy atom. The van der Waals surface area contributed by atoms with Crippen molar-refractivity contribution in [1.29, 1.82) is 0 Å². The molecule has 0 aliphatic heterocycles. The van der Waals surface area contributed by atoms with Gasteiger partial charge in [-0.05, 0) is 77.5 Å². The van der Waals surface area contributed by atoms with Gasteiger partial charge >= 0.3 is 19.5 Å². The summed E-state index contributed by atoms with van der Waals surface area (Å²) in [5.74, 6) is 0.770. The SMILES string of the molecule is [Cl-].[Cl-].[Ru+3].c1ccc(-c2ccccn2)nc1.c1ccc(-c2ccccn2)nc1.c1csc(-c2nc3c4cccnc4c4[n-]cccc4c3n2)c1. The molecule has 0 saturated carbocycles. The molecule has 0 unspecified atom stereocenters. The van der Waals surface area contributed by atoms with E-state index in [0.717, 1.165) is 66.3 Å². The predicted octanol–water partition coefficient (Wildman–Crippen LogP) is 2.31. The second-order valence-corrected chi connectivity index (χ2v) is 10.8. The Kier molecular flexibility index (Phi) is 13.5. The first-order valence-electron chi connectivity index (χ1n) is 14.5. The molecule has 49 heavy (non-hydrogen) atoms. The molecule has 8 nitrogen and oxygen atoms in total. The normalized spacial score (nSPS) is 9.96. The van der Waals surface area contributed by atoms with E-state index in [1.54, 1.807) is 48.5 Å². The maximum atomic E-state index is 4.76. The van der Waals surface area contributed by atoms with E-state index >= 15 is 0 Å². The summed E-state index contributed by atoms with van der Waals surface area (Å²) in [6, 6.07) is 35.2. The molecule has 9 aromatic rings. The van der Waals surface area contributed by atoms with Crippen molar-refractivity contribution in [3.8, 4) is 33.5 Å². The largest absolute Gasteiger partial charge is 3.00 e. The zero-order chi connectivity index (χ0) is 31.0. The van der Waals surface area contributed by atoms with Crippen molar-refractivity contribution in [2.45, 2.75) is 0 Å². The number of thiophene rings is 1. The van der Waals surface area contributed by atoms with Crippen LogP contribution in [0.25, 0.3) is 66.3 Å². The first kappa shape index (κ1) is 36.8. The Bertz CT molecular complexity index is 2090. The average molecular weight is 786 g/mol. The van der Waals surface area contributed by atoms with E-state index in [-0.39, 0.29) is 44.3 Å². The van der Waals surface area contributed by atoms with Gasteiger partial charge in [0.1, 0.15) is 5.52 Å². The van der Waals surface area contributed by atoms with Crippen molar-refractivity contribution in [2.24, 2.45) is 0 Å². The van der Waals surface area contributed by atoms with Crippen LogP contribution in [0.1, 0.15) is 0 Å². The Labute approximate surface area is 311 Å². The van der Waals surface area contributed by atoms with E-state index in [1.807, 2.05) is 115 Å². The maximum Gasteiger partial charge on any atom is 3.00 e. The quantitative estimate of drug-likeness (QED) is 0.199. The van der Waals surface area contributed by atoms with Gasteiger partial charge in [-0.3, -0.25) is 24.9 Å². The van der Waals surface area contributed by atoms with Gasteiger partial charge in [-0.15, -0.1) is 16.9 Å². The third-order valence-electron chi connectivity index (χ3n) is 6.94. The summed E-state index contributed by atoms with van der Waals surface area (Å²) in [6.45, 7) is 0. The first-order valence-corrected chi connectivity index (χ1v) is 15.4. The van der Waals surface area contributed by atoms with Gasteiger partial charge in [-0.1, -0.05) is 42.5 Å². The summed E-state index contributed by atoms with van der Waals surface area (Å²) in [4.78, 5) is 36.4. The van der Waals surface area contributed by atoms with Crippen molar-refractivity contribution in [1.82, 2.24) is 39.9 Å². The second-order valence-electron chi connectivity index (χ2n) is 9.88. The van der Waals surface area contributed by atoms with Crippen molar-refractivity contribution in [2.75, 3.05) is 0 Å². The standard InChI is InChI=1S/C17H9N4S.2C10H8N2.2ClH.Ru/c1-4-10-13(18-7-1)14-11(5-2-8-19-14)16-15(10)20-17(21-16)12-6-3-9-22-12;2*1-3-7-11-9(5-1)10-6-2-4-8-12-10;;;/h1-9H;2*1-8H;2*1H;/q-1;;;;;+3/p-2. The minimum Gasteiger partial charge on any atom is -1.00 e. The van der Waals surface area contributed by atoms with E-state index < -0.39 is 0 Å². The number of pyridine rings is 6. The molecule has 0 amide bonds. The molecule has 12 heteroatoms. The van der Waals surface area contributed by atoms with Gasteiger partial charge in [0.25, 0.3) is 0 Å². The van der Waals surface area contributed by atoms with E-state index in [2.05, 4.69) is 29.9 Å². The molecule has 8 heterocycles. The topological polar surface area (TPSA) is 104 Å². The van der Waals surface area contributed by atoms with Crippen molar-refractivity contribution < 1.29 is 44.3 Å².